The Hall–Kier alpha value is -2.30. The van der Waals surface area contributed by atoms with Crippen LogP contribution in [0.3, 0.4) is 0 Å². The Bertz CT molecular complexity index is 636. The minimum atomic E-state index is -0.959. The van der Waals surface area contributed by atoms with Gasteiger partial charge in [0.15, 0.2) is 0 Å². The maximum absolute atomic E-state index is 12.4. The molecule has 1 heterocycles. The number of benzene rings is 1. The van der Waals surface area contributed by atoms with Crippen LogP contribution in [0, 0.1) is 5.92 Å². The van der Waals surface area contributed by atoms with Crippen molar-refractivity contribution in [2.24, 2.45) is 5.92 Å². The summed E-state index contributed by atoms with van der Waals surface area (Å²) in [7, 11) is 3.48. The highest BCUT2D eigenvalue weighted by atomic mass is 16.4. The van der Waals surface area contributed by atoms with E-state index in [1.54, 1.807) is 31.1 Å². The predicted molar refractivity (Wildman–Crippen MR) is 79.5 cm³/mol. The monoisotopic (exact) mass is 286 g/mol. The largest absolute Gasteiger partial charge is 0.478 e. The molecule has 0 bridgehead atoms. The Morgan fingerprint density at radius 3 is 2.76 bits per heavy atom. The number of nitrogens with zero attached hydrogens (tertiary/aromatic N) is 1. The first-order valence-corrected chi connectivity index (χ1v) is 7.00. The SMILES string of the molecule is CN(C)C(=O)C1Nc2cc(C(=O)O)ccc2C2C=CCC12. The summed E-state index contributed by atoms with van der Waals surface area (Å²) in [5.41, 5.74) is 2.06. The zero-order chi connectivity index (χ0) is 15.1. The third-order valence-corrected chi connectivity index (χ3v) is 4.32. The van der Waals surface area contributed by atoms with Crippen LogP contribution in [0.1, 0.15) is 28.3 Å². The van der Waals surface area contributed by atoms with Gasteiger partial charge in [-0.3, -0.25) is 4.79 Å². The first-order valence-electron chi connectivity index (χ1n) is 7.00. The molecule has 1 aromatic rings. The van der Waals surface area contributed by atoms with E-state index in [1.807, 2.05) is 6.07 Å². The molecule has 0 saturated heterocycles. The van der Waals surface area contributed by atoms with Crippen molar-refractivity contribution in [2.45, 2.75) is 18.4 Å². The standard InChI is InChI=1S/C16H18N2O3/c1-18(2)15(19)14-12-5-3-4-10(12)11-7-6-9(16(20)21)8-13(11)17-14/h3-4,6-8,10,12,14,17H,5H2,1-2H3,(H,20,21). The van der Waals surface area contributed by atoms with Gasteiger partial charge in [-0.05, 0) is 24.1 Å². The Labute approximate surface area is 123 Å². The van der Waals surface area contributed by atoms with Gasteiger partial charge >= 0.3 is 5.97 Å². The van der Waals surface area contributed by atoms with Crippen molar-refractivity contribution >= 4 is 17.6 Å². The van der Waals surface area contributed by atoms with Crippen molar-refractivity contribution in [2.75, 3.05) is 19.4 Å². The molecule has 1 aliphatic carbocycles. The number of fused-ring (bicyclic) bond motifs is 3. The number of hydrogen-bond donors (Lipinski definition) is 2. The summed E-state index contributed by atoms with van der Waals surface area (Å²) in [6.07, 6.45) is 5.09. The fourth-order valence-corrected chi connectivity index (χ4v) is 3.25. The second kappa shape index (κ2) is 4.91. The van der Waals surface area contributed by atoms with Crippen molar-refractivity contribution in [1.82, 2.24) is 4.90 Å². The molecule has 2 aliphatic rings. The molecule has 1 amide bonds. The fraction of sp³-hybridized carbons (Fsp3) is 0.375. The summed E-state index contributed by atoms with van der Waals surface area (Å²) in [4.78, 5) is 25.1. The Morgan fingerprint density at radius 1 is 1.33 bits per heavy atom. The summed E-state index contributed by atoms with van der Waals surface area (Å²) in [5.74, 6) is -0.555. The Kier molecular flexibility index (Phi) is 3.20. The van der Waals surface area contributed by atoms with Crippen LogP contribution in [0.25, 0.3) is 0 Å². The van der Waals surface area contributed by atoms with Crippen LogP contribution in [-0.4, -0.2) is 42.0 Å². The molecule has 1 aliphatic heterocycles. The highest BCUT2D eigenvalue weighted by molar-refractivity contribution is 5.91. The van der Waals surface area contributed by atoms with Crippen molar-refractivity contribution in [3.63, 3.8) is 0 Å². The van der Waals surface area contributed by atoms with Gasteiger partial charge in [-0.25, -0.2) is 4.79 Å². The first kappa shape index (κ1) is 13.7. The number of amides is 1. The number of carboxylic acid groups (broad SMARTS) is 1. The Balaban J connectivity index is 2.03. The first-order chi connectivity index (χ1) is 9.99. The summed E-state index contributed by atoms with van der Waals surface area (Å²) in [6, 6.07) is 4.79. The van der Waals surface area contributed by atoms with Crippen molar-refractivity contribution < 1.29 is 14.7 Å². The summed E-state index contributed by atoms with van der Waals surface area (Å²) in [6.45, 7) is 0. The molecule has 21 heavy (non-hydrogen) atoms. The van der Waals surface area contributed by atoms with Crippen LogP contribution in [0.2, 0.25) is 0 Å². The number of hydrogen-bond acceptors (Lipinski definition) is 3. The van der Waals surface area contributed by atoms with E-state index in [-0.39, 0.29) is 29.3 Å². The molecular formula is C16H18N2O3. The molecular weight excluding hydrogens is 268 g/mol. The molecule has 3 rings (SSSR count). The van der Waals surface area contributed by atoms with Gasteiger partial charge in [0, 0.05) is 31.6 Å². The van der Waals surface area contributed by atoms with Gasteiger partial charge in [-0.1, -0.05) is 18.2 Å². The van der Waals surface area contributed by atoms with E-state index in [1.165, 1.54) is 0 Å². The third-order valence-electron chi connectivity index (χ3n) is 4.32. The topological polar surface area (TPSA) is 69.6 Å². The van der Waals surface area contributed by atoms with E-state index in [2.05, 4.69) is 17.5 Å². The maximum Gasteiger partial charge on any atom is 0.335 e. The van der Waals surface area contributed by atoms with Crippen LogP contribution in [0.4, 0.5) is 5.69 Å². The number of likely N-dealkylation sites (N-methyl/N-ethyl adjacent to an activating group) is 1. The average molecular weight is 286 g/mol. The molecule has 5 nitrogen and oxygen atoms in total. The van der Waals surface area contributed by atoms with Gasteiger partial charge in [0.05, 0.1) is 5.56 Å². The molecule has 5 heteroatoms. The normalized spacial score (nSPS) is 25.7. The fourth-order valence-electron chi connectivity index (χ4n) is 3.25. The number of rotatable bonds is 2. The number of carboxylic acids is 1. The van der Waals surface area contributed by atoms with E-state index in [4.69, 9.17) is 5.11 Å². The second-order valence-electron chi connectivity index (χ2n) is 5.82. The molecule has 0 fully saturated rings. The predicted octanol–water partition coefficient (Wildman–Crippen LogP) is 1.93. The lowest BCUT2D eigenvalue weighted by Crippen LogP contribution is -2.47. The molecule has 2 N–H and O–H groups in total. The van der Waals surface area contributed by atoms with Crippen LogP contribution < -0.4 is 5.32 Å². The van der Waals surface area contributed by atoms with Crippen LogP contribution in [-0.2, 0) is 4.79 Å². The molecule has 1 aromatic carbocycles. The molecule has 3 atom stereocenters. The summed E-state index contributed by atoms with van der Waals surface area (Å²) >= 11 is 0. The highest BCUT2D eigenvalue weighted by Gasteiger charge is 2.41. The number of allylic oxidation sites excluding steroid dienone is 2. The number of carbonyl (C=O) groups excluding carboxylic acids is 1. The molecule has 0 spiro atoms. The number of nitrogens with one attached hydrogen (secondary N) is 1. The van der Waals surface area contributed by atoms with Crippen LogP contribution >= 0.6 is 0 Å². The van der Waals surface area contributed by atoms with Crippen molar-refractivity contribution in [3.8, 4) is 0 Å². The Morgan fingerprint density at radius 2 is 2.10 bits per heavy atom. The highest BCUT2D eigenvalue weighted by Crippen LogP contribution is 2.45. The van der Waals surface area contributed by atoms with E-state index in [0.717, 1.165) is 17.7 Å². The van der Waals surface area contributed by atoms with Gasteiger partial charge in [0.2, 0.25) is 5.91 Å². The van der Waals surface area contributed by atoms with E-state index in [0.29, 0.717) is 0 Å². The van der Waals surface area contributed by atoms with Gasteiger partial charge < -0.3 is 15.3 Å². The summed E-state index contributed by atoms with van der Waals surface area (Å²) in [5, 5.41) is 12.4. The average Bonchev–Trinajstić information content (AvgIpc) is 2.94. The maximum atomic E-state index is 12.4. The van der Waals surface area contributed by atoms with Crippen LogP contribution in [0.15, 0.2) is 30.4 Å². The van der Waals surface area contributed by atoms with Gasteiger partial charge in [0.1, 0.15) is 6.04 Å². The number of carbonyl (C=O) groups is 2. The van der Waals surface area contributed by atoms with E-state index in [9.17, 15) is 9.59 Å². The van der Waals surface area contributed by atoms with E-state index < -0.39 is 5.97 Å². The zero-order valence-electron chi connectivity index (χ0n) is 12.0. The lowest BCUT2D eigenvalue weighted by molar-refractivity contribution is -0.130. The molecule has 0 radical (unpaired) electrons. The third kappa shape index (κ3) is 2.18. The van der Waals surface area contributed by atoms with Crippen molar-refractivity contribution in [3.05, 3.63) is 41.5 Å². The van der Waals surface area contributed by atoms with Crippen molar-refractivity contribution in [1.29, 1.82) is 0 Å². The minimum Gasteiger partial charge on any atom is -0.478 e. The smallest absolute Gasteiger partial charge is 0.335 e. The number of aromatic carboxylic acids is 1. The second-order valence-corrected chi connectivity index (χ2v) is 5.82. The molecule has 110 valence electrons. The van der Waals surface area contributed by atoms with Gasteiger partial charge in [0.25, 0.3) is 0 Å². The molecule has 0 aromatic heterocycles. The number of anilines is 1. The quantitative estimate of drug-likeness (QED) is 0.815. The van der Waals surface area contributed by atoms with Gasteiger partial charge in [-0.2, -0.15) is 0 Å². The summed E-state index contributed by atoms with van der Waals surface area (Å²) < 4.78 is 0. The lowest BCUT2D eigenvalue weighted by atomic mass is 9.78. The zero-order valence-corrected chi connectivity index (χ0v) is 12.0. The molecule has 3 unspecified atom stereocenters. The van der Waals surface area contributed by atoms with E-state index >= 15 is 0 Å². The van der Waals surface area contributed by atoms with Gasteiger partial charge in [-0.15, -0.1) is 0 Å². The minimum absolute atomic E-state index is 0.0279. The molecule has 0 saturated carbocycles. The lowest BCUT2D eigenvalue weighted by Gasteiger charge is -2.37. The van der Waals surface area contributed by atoms with Crippen LogP contribution in [0.5, 0.6) is 0 Å².